The Morgan fingerprint density at radius 3 is 2.70 bits per heavy atom. The second-order valence-corrected chi connectivity index (χ2v) is 9.07. The Balaban J connectivity index is 1.16. The number of thiazole rings is 1. The lowest BCUT2D eigenvalue weighted by Crippen LogP contribution is -2.48. The van der Waals surface area contributed by atoms with Crippen LogP contribution in [0.5, 0.6) is 5.75 Å². The average molecular weight is 463 g/mol. The molecule has 0 atom stereocenters. The summed E-state index contributed by atoms with van der Waals surface area (Å²) in [6.07, 6.45) is 3.39. The van der Waals surface area contributed by atoms with Crippen LogP contribution in [0.15, 0.2) is 66.1 Å². The number of aromatic nitrogens is 1. The summed E-state index contributed by atoms with van der Waals surface area (Å²) in [6.45, 7) is 7.97. The van der Waals surface area contributed by atoms with E-state index in [1.807, 2.05) is 48.7 Å². The first-order valence-corrected chi connectivity index (χ1v) is 12.2. The van der Waals surface area contributed by atoms with Gasteiger partial charge >= 0.3 is 0 Å². The van der Waals surface area contributed by atoms with Gasteiger partial charge in [-0.25, -0.2) is 4.98 Å². The Labute approximate surface area is 199 Å². The lowest BCUT2D eigenvalue weighted by molar-refractivity contribution is -0.116. The van der Waals surface area contributed by atoms with Gasteiger partial charge in [0.15, 0.2) is 0 Å². The highest BCUT2D eigenvalue weighted by atomic mass is 32.1. The fourth-order valence-corrected chi connectivity index (χ4v) is 4.37. The maximum atomic E-state index is 12.2. The minimum atomic E-state index is -0.0813. The number of piperazine rings is 1. The van der Waals surface area contributed by atoms with E-state index in [0.29, 0.717) is 13.2 Å². The van der Waals surface area contributed by atoms with Crippen molar-refractivity contribution < 1.29 is 9.53 Å². The minimum absolute atomic E-state index is 0.0813. The third kappa shape index (κ3) is 7.17. The lowest BCUT2D eigenvalue weighted by Gasteiger charge is -2.36. The highest BCUT2D eigenvalue weighted by molar-refractivity contribution is 7.09. The molecule has 3 aromatic rings. The minimum Gasteiger partial charge on any atom is -0.487 e. The number of anilines is 1. The number of benzene rings is 2. The summed E-state index contributed by atoms with van der Waals surface area (Å²) in [5.74, 6) is 0.681. The summed E-state index contributed by atoms with van der Waals surface area (Å²) < 4.78 is 5.82. The van der Waals surface area contributed by atoms with E-state index in [2.05, 4.69) is 44.4 Å². The largest absolute Gasteiger partial charge is 0.487 e. The van der Waals surface area contributed by atoms with Crippen molar-refractivity contribution in [2.24, 2.45) is 0 Å². The van der Waals surface area contributed by atoms with Gasteiger partial charge in [0.05, 0.1) is 10.7 Å². The summed E-state index contributed by atoms with van der Waals surface area (Å²) in [6, 6.07) is 18.2. The van der Waals surface area contributed by atoms with Gasteiger partial charge < -0.3 is 15.0 Å². The second kappa shape index (κ2) is 11.6. The molecule has 0 unspecified atom stereocenters. The molecule has 0 radical (unpaired) electrons. The maximum Gasteiger partial charge on any atom is 0.244 e. The molecule has 4 rings (SSSR count). The van der Waals surface area contributed by atoms with Gasteiger partial charge in [0, 0.05) is 56.4 Å². The molecule has 1 aliphatic heterocycles. The number of amides is 1. The lowest BCUT2D eigenvalue weighted by atomic mass is 10.2. The zero-order chi connectivity index (χ0) is 22.9. The van der Waals surface area contributed by atoms with E-state index in [4.69, 9.17) is 4.74 Å². The molecule has 33 heavy (non-hydrogen) atoms. The number of hydrogen-bond acceptors (Lipinski definition) is 6. The normalized spacial score (nSPS) is 14.5. The van der Waals surface area contributed by atoms with Gasteiger partial charge in [0.2, 0.25) is 5.91 Å². The number of aryl methyl sites for hydroxylation is 1. The van der Waals surface area contributed by atoms with Crippen molar-refractivity contribution in [1.82, 2.24) is 15.2 Å². The van der Waals surface area contributed by atoms with Crippen molar-refractivity contribution in [2.45, 2.75) is 13.5 Å². The van der Waals surface area contributed by atoms with Crippen LogP contribution in [-0.4, -0.2) is 55.1 Å². The molecule has 0 saturated carbocycles. The molecule has 1 fully saturated rings. The Bertz CT molecular complexity index is 1060. The molecule has 1 aliphatic rings. The number of ether oxygens (including phenoxy) is 1. The van der Waals surface area contributed by atoms with Crippen molar-refractivity contribution in [3.63, 3.8) is 0 Å². The second-order valence-electron chi connectivity index (χ2n) is 8.01. The molecule has 172 valence electrons. The Hall–Kier alpha value is -3.16. The molecule has 0 spiro atoms. The van der Waals surface area contributed by atoms with E-state index >= 15 is 0 Å². The molecule has 1 N–H and O–H groups in total. The zero-order valence-electron chi connectivity index (χ0n) is 18.9. The summed E-state index contributed by atoms with van der Waals surface area (Å²) >= 11 is 1.62. The van der Waals surface area contributed by atoms with Crippen LogP contribution in [0, 0.1) is 6.92 Å². The Morgan fingerprint density at radius 2 is 1.94 bits per heavy atom. The number of para-hydroxylation sites is 1. The molecule has 2 aromatic carbocycles. The first-order chi connectivity index (χ1) is 16.2. The van der Waals surface area contributed by atoms with E-state index in [0.717, 1.165) is 54.7 Å². The summed E-state index contributed by atoms with van der Waals surface area (Å²) in [5.41, 5.74) is 3.14. The van der Waals surface area contributed by atoms with Gasteiger partial charge in [-0.05, 0) is 42.8 Å². The van der Waals surface area contributed by atoms with Gasteiger partial charge in [-0.15, -0.1) is 11.3 Å². The first kappa shape index (κ1) is 23.0. The number of nitrogens with zero attached hydrogens (tertiary/aromatic N) is 3. The van der Waals surface area contributed by atoms with Crippen LogP contribution in [0.4, 0.5) is 5.69 Å². The van der Waals surface area contributed by atoms with Crippen molar-refractivity contribution in [2.75, 3.05) is 44.2 Å². The molecule has 1 amide bonds. The molecule has 1 saturated heterocycles. The fourth-order valence-electron chi connectivity index (χ4n) is 3.78. The maximum absolute atomic E-state index is 12.2. The molecule has 7 heteroatoms. The monoisotopic (exact) mass is 462 g/mol. The van der Waals surface area contributed by atoms with E-state index < -0.39 is 0 Å². The van der Waals surface area contributed by atoms with Gasteiger partial charge in [-0.2, -0.15) is 0 Å². The smallest absolute Gasteiger partial charge is 0.244 e. The summed E-state index contributed by atoms with van der Waals surface area (Å²) in [5, 5.41) is 6.03. The summed E-state index contributed by atoms with van der Waals surface area (Å²) in [7, 11) is 0. The van der Waals surface area contributed by atoms with Crippen LogP contribution < -0.4 is 15.0 Å². The van der Waals surface area contributed by atoms with Gasteiger partial charge in [-0.3, -0.25) is 9.69 Å². The highest BCUT2D eigenvalue weighted by Gasteiger charge is 2.16. The highest BCUT2D eigenvalue weighted by Crippen LogP contribution is 2.17. The zero-order valence-corrected chi connectivity index (χ0v) is 19.8. The van der Waals surface area contributed by atoms with Crippen LogP contribution >= 0.6 is 11.3 Å². The molecule has 2 heterocycles. The number of hydrogen-bond donors (Lipinski definition) is 1. The van der Waals surface area contributed by atoms with Crippen molar-refractivity contribution in [3.8, 4) is 5.75 Å². The number of nitrogens with one attached hydrogen (secondary N) is 1. The third-order valence-electron chi connectivity index (χ3n) is 5.56. The molecule has 0 aliphatic carbocycles. The third-order valence-corrected chi connectivity index (χ3v) is 6.38. The average Bonchev–Trinajstić information content (AvgIpc) is 3.28. The van der Waals surface area contributed by atoms with E-state index in [9.17, 15) is 4.79 Å². The van der Waals surface area contributed by atoms with Crippen LogP contribution in [0.3, 0.4) is 0 Å². The van der Waals surface area contributed by atoms with E-state index in [1.54, 1.807) is 17.4 Å². The van der Waals surface area contributed by atoms with Crippen LogP contribution in [0.1, 0.15) is 16.3 Å². The van der Waals surface area contributed by atoms with E-state index in [1.165, 1.54) is 5.69 Å². The fraction of sp³-hybridized carbons (Fsp3) is 0.308. The van der Waals surface area contributed by atoms with Crippen molar-refractivity contribution in [1.29, 1.82) is 0 Å². The molecule has 6 nitrogen and oxygen atoms in total. The first-order valence-electron chi connectivity index (χ1n) is 11.3. The number of rotatable bonds is 9. The Kier molecular flexibility index (Phi) is 8.11. The van der Waals surface area contributed by atoms with Crippen LogP contribution in [0.2, 0.25) is 0 Å². The number of carbonyl (C=O) groups excluding carboxylic acids is 1. The van der Waals surface area contributed by atoms with Crippen LogP contribution in [-0.2, 0) is 11.4 Å². The van der Waals surface area contributed by atoms with Crippen LogP contribution in [0.25, 0.3) is 6.08 Å². The molecular formula is C26H30N4O2S. The topological polar surface area (TPSA) is 57.7 Å². The van der Waals surface area contributed by atoms with Crippen molar-refractivity contribution in [3.05, 3.63) is 82.3 Å². The Morgan fingerprint density at radius 1 is 1.12 bits per heavy atom. The van der Waals surface area contributed by atoms with Crippen molar-refractivity contribution >= 4 is 29.0 Å². The SMILES string of the molecule is Cc1nc(COc2cccc(/C=C/C(=O)NCCN3CCN(c4ccccc4)CC3)c2)cs1. The standard InChI is InChI=1S/C26H30N4O2S/c1-21-28-23(20-33-21)19-32-25-9-5-6-22(18-25)10-11-26(31)27-12-13-29-14-16-30(17-15-29)24-7-3-2-4-8-24/h2-11,18,20H,12-17,19H2,1H3,(H,27,31)/b11-10+. The van der Waals surface area contributed by atoms with Gasteiger partial charge in [-0.1, -0.05) is 30.3 Å². The predicted molar refractivity (Wildman–Crippen MR) is 135 cm³/mol. The van der Waals surface area contributed by atoms with Gasteiger partial charge in [0.1, 0.15) is 12.4 Å². The van der Waals surface area contributed by atoms with E-state index in [-0.39, 0.29) is 5.91 Å². The number of carbonyl (C=O) groups is 1. The molecule has 1 aromatic heterocycles. The predicted octanol–water partition coefficient (Wildman–Crippen LogP) is 3.98. The summed E-state index contributed by atoms with van der Waals surface area (Å²) in [4.78, 5) is 21.4. The van der Waals surface area contributed by atoms with Gasteiger partial charge in [0.25, 0.3) is 0 Å². The molecular weight excluding hydrogens is 432 g/mol. The quantitative estimate of drug-likeness (QED) is 0.488. The molecule has 0 bridgehead atoms.